The first-order chi connectivity index (χ1) is 46.7. The molecule has 0 rings (SSSR count). The predicted octanol–water partition coefficient (Wildman–Crippen LogP) is 23.0. The summed E-state index contributed by atoms with van der Waals surface area (Å²) in [7, 11) is -9.92. The minimum absolute atomic E-state index is 0.107. The Morgan fingerprint density at radius 1 is 0.278 bits per heavy atom. The Hall–Kier alpha value is -1.94. The molecule has 0 amide bonds. The molecule has 0 bridgehead atoms. The second-order valence-corrected chi connectivity index (χ2v) is 32.4. The molecule has 0 aromatic carbocycles. The van der Waals surface area contributed by atoms with Gasteiger partial charge in [-0.2, -0.15) is 0 Å². The molecule has 3 N–H and O–H groups in total. The minimum Gasteiger partial charge on any atom is -0.462 e. The molecular weight excluding hydrogens is 1270 g/mol. The van der Waals surface area contributed by atoms with Gasteiger partial charge < -0.3 is 33.8 Å². The van der Waals surface area contributed by atoms with E-state index in [-0.39, 0.29) is 25.7 Å². The number of rotatable bonds is 76. The third-order valence-corrected chi connectivity index (χ3v) is 20.0. The van der Waals surface area contributed by atoms with Gasteiger partial charge in [-0.3, -0.25) is 37.3 Å². The van der Waals surface area contributed by atoms with Crippen molar-refractivity contribution < 1.29 is 80.2 Å². The first-order valence-corrected chi connectivity index (χ1v) is 43.3. The van der Waals surface area contributed by atoms with Crippen molar-refractivity contribution in [1.29, 1.82) is 0 Å². The molecule has 17 nitrogen and oxygen atoms in total. The van der Waals surface area contributed by atoms with Crippen LogP contribution in [0.2, 0.25) is 0 Å². The number of carbonyl (C=O) groups excluding carboxylic acids is 4. The molecule has 5 atom stereocenters. The van der Waals surface area contributed by atoms with Crippen LogP contribution in [0.3, 0.4) is 0 Å². The van der Waals surface area contributed by atoms with Gasteiger partial charge in [-0.15, -0.1) is 0 Å². The lowest BCUT2D eigenvalue weighted by atomic mass is 10.0. The van der Waals surface area contributed by atoms with Gasteiger partial charge in [0.2, 0.25) is 0 Å². The molecule has 0 heterocycles. The predicted molar refractivity (Wildman–Crippen MR) is 395 cm³/mol. The molecule has 0 aliphatic carbocycles. The normalized spacial score (nSPS) is 14.0. The number of esters is 4. The van der Waals surface area contributed by atoms with Gasteiger partial charge in [-0.05, 0) is 43.4 Å². The van der Waals surface area contributed by atoms with Gasteiger partial charge in [0, 0.05) is 25.7 Å². The lowest BCUT2D eigenvalue weighted by Crippen LogP contribution is -2.30. The maximum Gasteiger partial charge on any atom is 0.472 e. The van der Waals surface area contributed by atoms with Crippen molar-refractivity contribution in [2.45, 2.75) is 420 Å². The summed E-state index contributed by atoms with van der Waals surface area (Å²) in [6.45, 7) is 11.9. The van der Waals surface area contributed by atoms with Crippen molar-refractivity contribution in [2.75, 3.05) is 39.6 Å². The average molecular weight is 1420 g/mol. The molecule has 2 unspecified atom stereocenters. The first-order valence-electron chi connectivity index (χ1n) is 40.3. The zero-order valence-corrected chi connectivity index (χ0v) is 65.3. The van der Waals surface area contributed by atoms with Crippen LogP contribution in [0.25, 0.3) is 0 Å². The quantitative estimate of drug-likeness (QED) is 0.0222. The highest BCUT2D eigenvalue weighted by molar-refractivity contribution is 7.47. The van der Waals surface area contributed by atoms with Crippen LogP contribution in [-0.4, -0.2) is 96.7 Å². The Kier molecular flexibility index (Phi) is 67.1. The van der Waals surface area contributed by atoms with E-state index in [1.54, 1.807) is 0 Å². The molecule has 0 aromatic heterocycles. The molecule has 19 heteroatoms. The summed E-state index contributed by atoms with van der Waals surface area (Å²) < 4.78 is 68.6. The summed E-state index contributed by atoms with van der Waals surface area (Å²) in [5, 5.41) is 10.6. The molecule has 0 aliphatic rings. The number of aliphatic hydroxyl groups excluding tert-OH is 1. The fourth-order valence-corrected chi connectivity index (χ4v) is 13.5. The van der Waals surface area contributed by atoms with Gasteiger partial charge in [0.15, 0.2) is 12.2 Å². The fraction of sp³-hybridized carbons (Fsp3) is 0.949. The third-order valence-electron chi connectivity index (χ3n) is 18.1. The second kappa shape index (κ2) is 68.5. The van der Waals surface area contributed by atoms with Crippen molar-refractivity contribution in [1.82, 2.24) is 0 Å². The number of hydrogen-bond donors (Lipinski definition) is 3. The van der Waals surface area contributed by atoms with Crippen LogP contribution in [-0.2, 0) is 65.4 Å². The topological polar surface area (TPSA) is 237 Å². The molecule has 576 valence electrons. The van der Waals surface area contributed by atoms with Gasteiger partial charge in [0.25, 0.3) is 0 Å². The van der Waals surface area contributed by atoms with Crippen LogP contribution in [0.4, 0.5) is 0 Å². The van der Waals surface area contributed by atoms with E-state index in [4.69, 9.17) is 37.0 Å². The van der Waals surface area contributed by atoms with Crippen LogP contribution in [0, 0.1) is 17.8 Å². The maximum atomic E-state index is 13.1. The summed E-state index contributed by atoms with van der Waals surface area (Å²) in [6, 6.07) is 0. The van der Waals surface area contributed by atoms with Crippen LogP contribution in [0.15, 0.2) is 0 Å². The Morgan fingerprint density at radius 3 is 0.701 bits per heavy atom. The number of hydrogen-bond acceptors (Lipinski definition) is 15. The monoisotopic (exact) mass is 1420 g/mol. The number of unbranched alkanes of at least 4 members (excludes halogenated alkanes) is 44. The summed E-state index contributed by atoms with van der Waals surface area (Å²) >= 11 is 0. The maximum absolute atomic E-state index is 13.1. The molecule has 97 heavy (non-hydrogen) atoms. The Morgan fingerprint density at radius 2 is 0.474 bits per heavy atom. The van der Waals surface area contributed by atoms with Crippen molar-refractivity contribution >= 4 is 39.5 Å². The number of phosphoric acid groups is 2. The smallest absolute Gasteiger partial charge is 0.462 e. The van der Waals surface area contributed by atoms with E-state index < -0.39 is 97.5 Å². The zero-order chi connectivity index (χ0) is 71.6. The van der Waals surface area contributed by atoms with Crippen molar-refractivity contribution in [2.24, 2.45) is 17.8 Å². The molecule has 0 aromatic rings. The molecule has 0 saturated carbocycles. The van der Waals surface area contributed by atoms with E-state index in [9.17, 15) is 43.2 Å². The van der Waals surface area contributed by atoms with E-state index in [0.717, 1.165) is 108 Å². The fourth-order valence-electron chi connectivity index (χ4n) is 12.0. The molecule has 0 radical (unpaired) electrons. The standard InChI is InChI=1S/C78H152O17P2/c1-8-9-10-11-12-13-14-19-25-31-40-47-54-61-77(82)95-74(66-89-76(81)60-53-46-39-34-33-37-44-51-58-71(6)7)68-93-97(86,87)91-64-72(79)63-90-96(84,85)92-67-73(65-88-75(80)59-52-45-38-30-27-22-24-29-36-43-50-57-70(4)5)94-78(83)62-55-48-41-32-26-21-18-16-15-17-20-23-28-35-42-49-56-69(2)3/h69-74,79H,8-68H2,1-7H3,(H,84,85)(H,86,87)/t72-,73-,74-/m1/s1. The van der Waals surface area contributed by atoms with Crippen LogP contribution in [0.1, 0.15) is 402 Å². The number of phosphoric ester groups is 2. The number of ether oxygens (including phenoxy) is 4. The van der Waals surface area contributed by atoms with Gasteiger partial charge in [0.1, 0.15) is 19.3 Å². The van der Waals surface area contributed by atoms with E-state index in [1.807, 2.05) is 0 Å². The zero-order valence-electron chi connectivity index (χ0n) is 63.5. The molecule has 0 aliphatic heterocycles. The van der Waals surface area contributed by atoms with Gasteiger partial charge in [0.05, 0.1) is 26.4 Å². The lowest BCUT2D eigenvalue weighted by molar-refractivity contribution is -0.161. The van der Waals surface area contributed by atoms with Crippen LogP contribution < -0.4 is 0 Å². The number of carbonyl (C=O) groups is 4. The van der Waals surface area contributed by atoms with Crippen LogP contribution in [0.5, 0.6) is 0 Å². The number of aliphatic hydroxyl groups is 1. The lowest BCUT2D eigenvalue weighted by Gasteiger charge is -2.21. The molecule has 0 spiro atoms. The highest BCUT2D eigenvalue weighted by Gasteiger charge is 2.30. The van der Waals surface area contributed by atoms with E-state index in [0.29, 0.717) is 25.7 Å². The Balaban J connectivity index is 5.24. The minimum atomic E-state index is -4.96. The second-order valence-electron chi connectivity index (χ2n) is 29.5. The van der Waals surface area contributed by atoms with E-state index >= 15 is 0 Å². The Labute approximate surface area is 594 Å². The SMILES string of the molecule is CCCCCCCCCCCCCCCC(=O)O[C@H](COC(=O)CCCCCCCCCCC(C)C)COP(=O)(O)OC[C@H](O)COP(=O)(O)OC[C@@H](COC(=O)CCCCCCCCCCCCCC(C)C)OC(=O)CCCCCCCCCCCCCCCCCCC(C)C. The first kappa shape index (κ1) is 95.1. The van der Waals surface area contributed by atoms with E-state index in [1.165, 1.54) is 212 Å². The molecule has 0 saturated heterocycles. The van der Waals surface area contributed by atoms with Crippen LogP contribution >= 0.6 is 15.6 Å². The van der Waals surface area contributed by atoms with E-state index in [2.05, 4.69) is 48.5 Å². The average Bonchev–Trinajstić information content (AvgIpc) is 1.05. The highest BCUT2D eigenvalue weighted by Crippen LogP contribution is 2.45. The summed E-state index contributed by atoms with van der Waals surface area (Å²) in [4.78, 5) is 72.9. The molecular formula is C78H152O17P2. The molecule has 0 fully saturated rings. The third kappa shape index (κ3) is 72.2. The van der Waals surface area contributed by atoms with Gasteiger partial charge in [-0.25, -0.2) is 9.13 Å². The summed E-state index contributed by atoms with van der Waals surface area (Å²) in [6.07, 6.45) is 55.4. The van der Waals surface area contributed by atoms with Gasteiger partial charge >= 0.3 is 39.5 Å². The Bertz CT molecular complexity index is 1890. The van der Waals surface area contributed by atoms with Crippen molar-refractivity contribution in [3.05, 3.63) is 0 Å². The summed E-state index contributed by atoms with van der Waals surface area (Å²) in [5.74, 6) is 0.193. The van der Waals surface area contributed by atoms with Crippen molar-refractivity contribution in [3.8, 4) is 0 Å². The van der Waals surface area contributed by atoms with Gasteiger partial charge in [-0.1, -0.05) is 350 Å². The van der Waals surface area contributed by atoms with Crippen molar-refractivity contribution in [3.63, 3.8) is 0 Å². The summed E-state index contributed by atoms with van der Waals surface area (Å²) in [5.41, 5.74) is 0. The largest absolute Gasteiger partial charge is 0.472 e. The highest BCUT2D eigenvalue weighted by atomic mass is 31.2.